The SMILES string of the molecule is Cc1c(Cl)nc2ncnn2c1NCC1CCCCC1CO. The Morgan fingerprint density at radius 2 is 2.14 bits per heavy atom. The second-order valence-electron chi connectivity index (χ2n) is 5.72. The lowest BCUT2D eigenvalue weighted by molar-refractivity contribution is 0.141. The lowest BCUT2D eigenvalue weighted by Crippen LogP contribution is -2.29. The van der Waals surface area contributed by atoms with E-state index < -0.39 is 0 Å². The third-order valence-corrected chi connectivity index (χ3v) is 4.81. The van der Waals surface area contributed by atoms with Crippen molar-refractivity contribution in [3.05, 3.63) is 17.0 Å². The Balaban J connectivity index is 1.81. The number of anilines is 1. The average molecular weight is 310 g/mol. The summed E-state index contributed by atoms with van der Waals surface area (Å²) < 4.78 is 1.68. The van der Waals surface area contributed by atoms with E-state index in [1.54, 1.807) is 4.52 Å². The Labute approximate surface area is 128 Å². The lowest BCUT2D eigenvalue weighted by atomic mass is 9.79. The van der Waals surface area contributed by atoms with Gasteiger partial charge in [0.05, 0.1) is 0 Å². The summed E-state index contributed by atoms with van der Waals surface area (Å²) in [4.78, 5) is 8.28. The topological polar surface area (TPSA) is 75.3 Å². The predicted molar refractivity (Wildman–Crippen MR) is 81.6 cm³/mol. The molecule has 21 heavy (non-hydrogen) atoms. The molecule has 3 rings (SSSR count). The maximum absolute atomic E-state index is 9.51. The van der Waals surface area contributed by atoms with Crippen molar-refractivity contribution in [1.29, 1.82) is 0 Å². The smallest absolute Gasteiger partial charge is 0.255 e. The molecular formula is C14H20ClN5O. The molecule has 2 heterocycles. The molecule has 0 spiro atoms. The summed E-state index contributed by atoms with van der Waals surface area (Å²) in [7, 11) is 0. The maximum Gasteiger partial charge on any atom is 0.255 e. The Morgan fingerprint density at radius 1 is 1.38 bits per heavy atom. The van der Waals surface area contributed by atoms with E-state index in [0.29, 0.717) is 22.8 Å². The third-order valence-electron chi connectivity index (χ3n) is 4.44. The minimum atomic E-state index is 0.265. The monoisotopic (exact) mass is 309 g/mol. The molecule has 1 aliphatic rings. The van der Waals surface area contributed by atoms with Crippen LogP contribution in [0.25, 0.3) is 5.78 Å². The zero-order chi connectivity index (χ0) is 14.8. The van der Waals surface area contributed by atoms with E-state index in [9.17, 15) is 5.11 Å². The van der Waals surface area contributed by atoms with Crippen molar-refractivity contribution in [2.75, 3.05) is 18.5 Å². The van der Waals surface area contributed by atoms with Gasteiger partial charge in [0, 0.05) is 18.7 Å². The summed E-state index contributed by atoms with van der Waals surface area (Å²) in [6.07, 6.45) is 6.18. The molecule has 7 heteroatoms. The van der Waals surface area contributed by atoms with Crippen molar-refractivity contribution >= 4 is 23.2 Å². The summed E-state index contributed by atoms with van der Waals surface area (Å²) in [6.45, 7) is 2.99. The van der Waals surface area contributed by atoms with Crippen molar-refractivity contribution in [2.45, 2.75) is 32.6 Å². The van der Waals surface area contributed by atoms with Crippen LogP contribution in [-0.2, 0) is 0 Å². The van der Waals surface area contributed by atoms with Crippen molar-refractivity contribution in [3.63, 3.8) is 0 Å². The van der Waals surface area contributed by atoms with Gasteiger partial charge in [0.25, 0.3) is 5.78 Å². The van der Waals surface area contributed by atoms with Crippen LogP contribution in [0.15, 0.2) is 6.33 Å². The number of hydrogen-bond donors (Lipinski definition) is 2. The molecule has 1 aliphatic carbocycles. The van der Waals surface area contributed by atoms with Gasteiger partial charge in [0.15, 0.2) is 0 Å². The summed E-state index contributed by atoms with van der Waals surface area (Å²) in [6, 6.07) is 0. The molecule has 1 saturated carbocycles. The van der Waals surface area contributed by atoms with Gasteiger partial charge in [-0.05, 0) is 31.6 Å². The fourth-order valence-electron chi connectivity index (χ4n) is 3.13. The van der Waals surface area contributed by atoms with Gasteiger partial charge in [-0.3, -0.25) is 0 Å². The molecule has 1 fully saturated rings. The first-order valence-electron chi connectivity index (χ1n) is 7.41. The molecule has 0 aromatic carbocycles. The molecule has 2 aromatic rings. The Hall–Kier alpha value is -1.40. The maximum atomic E-state index is 9.51. The van der Waals surface area contributed by atoms with E-state index in [-0.39, 0.29) is 6.61 Å². The minimum Gasteiger partial charge on any atom is -0.396 e. The molecular weight excluding hydrogens is 290 g/mol. The van der Waals surface area contributed by atoms with Gasteiger partial charge in [-0.1, -0.05) is 24.4 Å². The van der Waals surface area contributed by atoms with Crippen LogP contribution in [0, 0.1) is 18.8 Å². The van der Waals surface area contributed by atoms with Crippen molar-refractivity contribution in [3.8, 4) is 0 Å². The number of fused-ring (bicyclic) bond motifs is 1. The van der Waals surface area contributed by atoms with E-state index in [1.807, 2.05) is 6.92 Å². The highest BCUT2D eigenvalue weighted by atomic mass is 35.5. The summed E-state index contributed by atoms with van der Waals surface area (Å²) in [5, 5.41) is 17.6. The molecule has 0 saturated heterocycles. The van der Waals surface area contributed by atoms with E-state index in [2.05, 4.69) is 20.4 Å². The minimum absolute atomic E-state index is 0.265. The van der Waals surface area contributed by atoms with Crippen LogP contribution in [0.1, 0.15) is 31.2 Å². The number of aliphatic hydroxyl groups is 1. The zero-order valence-electron chi connectivity index (χ0n) is 12.1. The largest absolute Gasteiger partial charge is 0.396 e. The fourth-order valence-corrected chi connectivity index (χ4v) is 3.29. The van der Waals surface area contributed by atoms with Gasteiger partial charge < -0.3 is 10.4 Å². The second-order valence-corrected chi connectivity index (χ2v) is 6.07. The van der Waals surface area contributed by atoms with Crippen LogP contribution in [0.3, 0.4) is 0 Å². The lowest BCUT2D eigenvalue weighted by Gasteiger charge is -2.30. The normalized spacial score (nSPS) is 22.6. The standard InChI is InChI=1S/C14H20ClN5O/c1-9-12(15)19-14-17-8-18-20(14)13(9)16-6-10-4-2-3-5-11(10)7-21/h8,10-11,16,21H,2-7H2,1H3. The van der Waals surface area contributed by atoms with Gasteiger partial charge in [-0.15, -0.1) is 0 Å². The van der Waals surface area contributed by atoms with E-state index in [4.69, 9.17) is 11.6 Å². The number of aliphatic hydroxyl groups excluding tert-OH is 1. The number of halogens is 1. The number of nitrogens with one attached hydrogen (secondary N) is 1. The molecule has 0 radical (unpaired) electrons. The Bertz CT molecular complexity index is 629. The highest BCUT2D eigenvalue weighted by Crippen LogP contribution is 2.30. The predicted octanol–water partition coefficient (Wildman–Crippen LogP) is 2.30. The van der Waals surface area contributed by atoms with Crippen LogP contribution in [0.4, 0.5) is 5.82 Å². The highest BCUT2D eigenvalue weighted by Gasteiger charge is 2.25. The van der Waals surface area contributed by atoms with E-state index in [1.165, 1.54) is 19.2 Å². The third kappa shape index (κ3) is 2.82. The molecule has 0 bridgehead atoms. The van der Waals surface area contributed by atoms with Crippen LogP contribution in [0.2, 0.25) is 5.15 Å². The van der Waals surface area contributed by atoms with E-state index >= 15 is 0 Å². The van der Waals surface area contributed by atoms with Crippen LogP contribution >= 0.6 is 11.6 Å². The van der Waals surface area contributed by atoms with Gasteiger partial charge in [-0.2, -0.15) is 19.6 Å². The molecule has 114 valence electrons. The van der Waals surface area contributed by atoms with Crippen molar-refractivity contribution in [2.24, 2.45) is 11.8 Å². The van der Waals surface area contributed by atoms with Crippen LogP contribution in [-0.4, -0.2) is 37.8 Å². The van der Waals surface area contributed by atoms with E-state index in [0.717, 1.165) is 30.8 Å². The molecule has 2 N–H and O–H groups in total. The Morgan fingerprint density at radius 3 is 2.90 bits per heavy atom. The average Bonchev–Trinajstić information content (AvgIpc) is 2.96. The van der Waals surface area contributed by atoms with Gasteiger partial charge in [0.2, 0.25) is 0 Å². The summed E-state index contributed by atoms with van der Waals surface area (Å²) >= 11 is 6.15. The second kappa shape index (κ2) is 6.15. The molecule has 2 atom stereocenters. The molecule has 0 amide bonds. The van der Waals surface area contributed by atoms with Gasteiger partial charge in [0.1, 0.15) is 17.3 Å². The molecule has 6 nitrogen and oxygen atoms in total. The number of hydrogen-bond acceptors (Lipinski definition) is 5. The number of nitrogens with zero attached hydrogens (tertiary/aromatic N) is 4. The fraction of sp³-hybridized carbons (Fsp3) is 0.643. The van der Waals surface area contributed by atoms with Gasteiger partial charge >= 0.3 is 0 Å². The van der Waals surface area contributed by atoms with Crippen molar-refractivity contribution < 1.29 is 5.11 Å². The van der Waals surface area contributed by atoms with Crippen LogP contribution in [0.5, 0.6) is 0 Å². The first-order valence-corrected chi connectivity index (χ1v) is 7.79. The number of aromatic nitrogens is 4. The molecule has 2 aromatic heterocycles. The first-order chi connectivity index (χ1) is 10.2. The van der Waals surface area contributed by atoms with Crippen LogP contribution < -0.4 is 5.32 Å². The highest BCUT2D eigenvalue weighted by molar-refractivity contribution is 6.30. The summed E-state index contributed by atoms with van der Waals surface area (Å²) in [5.41, 5.74) is 0.867. The van der Waals surface area contributed by atoms with Gasteiger partial charge in [-0.25, -0.2) is 0 Å². The molecule has 2 unspecified atom stereocenters. The van der Waals surface area contributed by atoms with Crippen molar-refractivity contribution in [1.82, 2.24) is 19.6 Å². The summed E-state index contributed by atoms with van der Waals surface area (Å²) in [5.74, 6) is 2.20. The molecule has 0 aliphatic heterocycles. The quantitative estimate of drug-likeness (QED) is 0.848. The Kier molecular flexibility index (Phi) is 4.26. The zero-order valence-corrected chi connectivity index (χ0v) is 12.8. The number of rotatable bonds is 4. The first kappa shape index (κ1) is 14.5.